The van der Waals surface area contributed by atoms with Gasteiger partial charge in [-0.15, -0.1) is 0 Å². The van der Waals surface area contributed by atoms with Crippen LogP contribution in [0.3, 0.4) is 0 Å². The monoisotopic (exact) mass is 764 g/mol. The molecule has 294 valence electrons. The predicted molar refractivity (Wildman–Crippen MR) is 225 cm³/mol. The molecule has 1 spiro atoms. The van der Waals surface area contributed by atoms with Gasteiger partial charge in [-0.3, -0.25) is 9.59 Å². The van der Waals surface area contributed by atoms with E-state index in [2.05, 4.69) is 75.4 Å². The molecule has 1 aliphatic heterocycles. The molecule has 2 amide bonds. The molecule has 10 nitrogen and oxygen atoms in total. The van der Waals surface area contributed by atoms with E-state index in [9.17, 15) is 14.4 Å². The van der Waals surface area contributed by atoms with E-state index in [1.54, 1.807) is 6.92 Å². The maximum Gasteiger partial charge on any atom is 0.407 e. The number of hydrogen-bond donors (Lipinski definition) is 3. The Kier molecular flexibility index (Phi) is 10.5. The SMILES string of the molecule is C=C(/C=C\c1nc[nH]c(=O)c1C)c1ccc(-c2ccc(-c3cnc(C4CCCCN4C(=O)C(NC(=O)OC)C(C)C)[nH]3)c3ccccc23)c2c1CC1(CCCC1)C2. The third-order valence-corrected chi connectivity index (χ3v) is 12.7. The maximum absolute atomic E-state index is 13.9. The molecule has 57 heavy (non-hydrogen) atoms. The summed E-state index contributed by atoms with van der Waals surface area (Å²) in [5, 5.41) is 5.06. The molecular weight excluding hydrogens is 713 g/mol. The molecule has 0 bridgehead atoms. The first-order valence-electron chi connectivity index (χ1n) is 20.4. The van der Waals surface area contributed by atoms with E-state index in [0.717, 1.165) is 60.1 Å². The lowest BCUT2D eigenvalue weighted by Gasteiger charge is -2.37. The van der Waals surface area contributed by atoms with Crippen molar-refractivity contribution in [2.24, 2.45) is 11.3 Å². The number of allylic oxidation sites excluding steroid dienone is 2. The number of carbonyl (C=O) groups is 2. The molecule has 3 aliphatic rings. The Hall–Kier alpha value is -5.77. The van der Waals surface area contributed by atoms with Gasteiger partial charge in [0.25, 0.3) is 5.56 Å². The van der Waals surface area contributed by atoms with Gasteiger partial charge in [0.2, 0.25) is 5.91 Å². The van der Waals surface area contributed by atoms with Crippen molar-refractivity contribution in [3.8, 4) is 22.4 Å². The van der Waals surface area contributed by atoms with Gasteiger partial charge in [0.05, 0.1) is 37.1 Å². The van der Waals surface area contributed by atoms with Gasteiger partial charge in [0.15, 0.2) is 0 Å². The molecule has 0 radical (unpaired) electrons. The molecule has 3 heterocycles. The minimum atomic E-state index is -0.694. The van der Waals surface area contributed by atoms with Crippen LogP contribution in [0.1, 0.15) is 98.6 Å². The molecular formula is C47H52N6O4. The Labute approximate surface area is 333 Å². The molecule has 3 N–H and O–H groups in total. The number of rotatable bonds is 9. The number of aromatic amines is 2. The fraction of sp³-hybridized carbons (Fsp3) is 0.383. The molecule has 3 aromatic carbocycles. The quantitative estimate of drug-likeness (QED) is 0.128. The average molecular weight is 765 g/mol. The minimum Gasteiger partial charge on any atom is -0.453 e. The Balaban J connectivity index is 1.14. The summed E-state index contributed by atoms with van der Waals surface area (Å²) in [6.07, 6.45) is 16.4. The number of amides is 2. The lowest BCUT2D eigenvalue weighted by Crippen LogP contribution is -2.53. The zero-order valence-electron chi connectivity index (χ0n) is 33.4. The van der Waals surface area contributed by atoms with Crippen LogP contribution in [-0.4, -0.2) is 56.5 Å². The first-order chi connectivity index (χ1) is 27.6. The zero-order valence-corrected chi connectivity index (χ0v) is 33.4. The molecule has 2 aromatic heterocycles. The van der Waals surface area contributed by atoms with Gasteiger partial charge in [-0.25, -0.2) is 14.8 Å². The fourth-order valence-electron chi connectivity index (χ4n) is 9.63. The second-order valence-electron chi connectivity index (χ2n) is 16.6. The Morgan fingerprint density at radius 2 is 1.68 bits per heavy atom. The highest BCUT2D eigenvalue weighted by Crippen LogP contribution is 2.53. The van der Waals surface area contributed by atoms with Crippen LogP contribution in [0.2, 0.25) is 0 Å². The van der Waals surface area contributed by atoms with Crippen LogP contribution < -0.4 is 10.9 Å². The largest absolute Gasteiger partial charge is 0.453 e. The van der Waals surface area contributed by atoms with Crippen molar-refractivity contribution < 1.29 is 14.3 Å². The van der Waals surface area contributed by atoms with Gasteiger partial charge < -0.3 is 24.9 Å². The van der Waals surface area contributed by atoms with Crippen LogP contribution in [0.25, 0.3) is 44.8 Å². The van der Waals surface area contributed by atoms with E-state index >= 15 is 0 Å². The summed E-state index contributed by atoms with van der Waals surface area (Å²) in [5.74, 6) is 0.523. The van der Waals surface area contributed by atoms with E-state index in [0.29, 0.717) is 17.8 Å². The summed E-state index contributed by atoms with van der Waals surface area (Å²) in [5.41, 5.74) is 10.7. The van der Waals surface area contributed by atoms with Crippen LogP contribution in [0.5, 0.6) is 0 Å². The number of ether oxygens (including phenoxy) is 1. The number of aromatic nitrogens is 4. The summed E-state index contributed by atoms with van der Waals surface area (Å²) < 4.78 is 4.84. The molecule has 5 aromatic rings. The molecule has 10 heteroatoms. The Morgan fingerprint density at radius 3 is 2.44 bits per heavy atom. The van der Waals surface area contributed by atoms with E-state index < -0.39 is 12.1 Å². The summed E-state index contributed by atoms with van der Waals surface area (Å²) in [6.45, 7) is 10.8. The smallest absolute Gasteiger partial charge is 0.407 e. The maximum atomic E-state index is 13.9. The third-order valence-electron chi connectivity index (χ3n) is 12.7. The third kappa shape index (κ3) is 7.22. The summed E-state index contributed by atoms with van der Waals surface area (Å²) in [7, 11) is 1.31. The molecule has 2 unspecified atom stereocenters. The molecule has 2 aliphatic carbocycles. The number of nitrogens with one attached hydrogen (secondary N) is 3. The van der Waals surface area contributed by atoms with Crippen LogP contribution in [-0.2, 0) is 22.4 Å². The number of likely N-dealkylation sites (tertiary alicyclic amines) is 1. The van der Waals surface area contributed by atoms with Gasteiger partial charge in [-0.2, -0.15) is 0 Å². The van der Waals surface area contributed by atoms with Crippen molar-refractivity contribution in [1.82, 2.24) is 30.2 Å². The van der Waals surface area contributed by atoms with Crippen LogP contribution >= 0.6 is 0 Å². The fourth-order valence-corrected chi connectivity index (χ4v) is 9.63. The number of hydrogen-bond acceptors (Lipinski definition) is 6. The lowest BCUT2D eigenvalue weighted by atomic mass is 9.82. The predicted octanol–water partition coefficient (Wildman–Crippen LogP) is 9.11. The number of H-pyrrole nitrogens is 2. The number of imidazole rings is 1. The van der Waals surface area contributed by atoms with E-state index in [4.69, 9.17) is 9.72 Å². The highest BCUT2D eigenvalue weighted by Gasteiger charge is 2.42. The normalized spacial score (nSPS) is 18.1. The number of nitrogens with zero attached hydrogens (tertiary/aromatic N) is 3. The summed E-state index contributed by atoms with van der Waals surface area (Å²) >= 11 is 0. The number of piperidine rings is 1. The molecule has 2 fully saturated rings. The minimum absolute atomic E-state index is 0.109. The van der Waals surface area contributed by atoms with E-state index in [1.165, 1.54) is 72.3 Å². The van der Waals surface area contributed by atoms with Gasteiger partial charge in [0.1, 0.15) is 11.9 Å². The highest BCUT2D eigenvalue weighted by molar-refractivity contribution is 6.05. The van der Waals surface area contributed by atoms with Crippen LogP contribution in [0, 0.1) is 18.3 Å². The van der Waals surface area contributed by atoms with Gasteiger partial charge in [0, 0.05) is 17.7 Å². The van der Waals surface area contributed by atoms with Gasteiger partial charge in [-0.05, 0) is 113 Å². The van der Waals surface area contributed by atoms with Crippen LogP contribution in [0.4, 0.5) is 4.79 Å². The van der Waals surface area contributed by atoms with Crippen molar-refractivity contribution in [2.45, 2.75) is 90.6 Å². The van der Waals surface area contributed by atoms with Crippen molar-refractivity contribution in [3.63, 3.8) is 0 Å². The summed E-state index contributed by atoms with van der Waals surface area (Å²) in [6, 6.07) is 16.6. The standard InChI is InChI=1S/C47H52N6O4/c1-28(2)42(52-46(56)57-5)45(55)53-23-11-8-14-41(53)43-48-26-40(51-43)36-19-18-34(32-12-6-7-13-33(32)36)35-17-16-31(37-24-47(25-38(35)37)21-9-10-22-47)29(3)15-20-39-30(4)44(54)50-27-49-39/h6-7,12-13,15-20,26-28,41-42H,3,8-11,14,21-25H2,1-2,4-5H3,(H,48,51)(H,52,56)(H,49,50,54)/b20-15-. The van der Waals surface area contributed by atoms with Crippen molar-refractivity contribution in [1.29, 1.82) is 0 Å². The Morgan fingerprint density at radius 1 is 0.965 bits per heavy atom. The van der Waals surface area contributed by atoms with Crippen molar-refractivity contribution in [3.05, 3.63) is 118 Å². The highest BCUT2D eigenvalue weighted by atomic mass is 16.5. The molecule has 8 rings (SSSR count). The summed E-state index contributed by atoms with van der Waals surface area (Å²) in [4.78, 5) is 55.7. The van der Waals surface area contributed by atoms with E-state index in [-0.39, 0.29) is 28.8 Å². The lowest BCUT2D eigenvalue weighted by molar-refractivity contribution is -0.138. The first-order valence-corrected chi connectivity index (χ1v) is 20.4. The van der Waals surface area contributed by atoms with Crippen molar-refractivity contribution >= 4 is 34.4 Å². The number of methoxy groups -OCH3 is 1. The second-order valence-corrected chi connectivity index (χ2v) is 16.6. The number of fused-ring (bicyclic) bond motifs is 2. The second kappa shape index (κ2) is 15.6. The topological polar surface area (TPSA) is 133 Å². The number of alkyl carbamates (subject to hydrolysis) is 1. The van der Waals surface area contributed by atoms with Crippen LogP contribution in [0.15, 0.2) is 78.5 Å². The van der Waals surface area contributed by atoms with Gasteiger partial charge >= 0.3 is 6.09 Å². The molecule has 2 atom stereocenters. The molecule has 1 saturated heterocycles. The van der Waals surface area contributed by atoms with Gasteiger partial charge in [-0.1, -0.05) is 87.9 Å². The van der Waals surface area contributed by atoms with Crippen molar-refractivity contribution in [2.75, 3.05) is 13.7 Å². The average Bonchev–Trinajstić information content (AvgIpc) is 3.99. The zero-order chi connectivity index (χ0) is 39.8. The number of benzene rings is 3. The first kappa shape index (κ1) is 38.1. The Bertz CT molecular complexity index is 2450. The molecule has 1 saturated carbocycles. The van der Waals surface area contributed by atoms with E-state index in [1.807, 2.05) is 37.1 Å². The number of carbonyl (C=O) groups excluding carboxylic acids is 2.